The van der Waals surface area contributed by atoms with Crippen LogP contribution in [0.1, 0.15) is 13.3 Å². The van der Waals surface area contributed by atoms with E-state index in [0.29, 0.717) is 23.3 Å². The maximum absolute atomic E-state index is 11.3. The number of carbonyl (C=O) groups excluding carboxylic acids is 1. The van der Waals surface area contributed by atoms with Crippen LogP contribution in [-0.4, -0.2) is 39.6 Å². The van der Waals surface area contributed by atoms with Crippen molar-refractivity contribution >= 4 is 29.3 Å². The number of methoxy groups -OCH3 is 1. The molecule has 0 aliphatic carbocycles. The molecule has 1 amide bonds. The summed E-state index contributed by atoms with van der Waals surface area (Å²) in [5.74, 6) is 0.353. The second-order valence-corrected chi connectivity index (χ2v) is 6.72. The molecular weight excluding hydrogens is 336 g/mol. The molecule has 0 aliphatic rings. The fourth-order valence-corrected chi connectivity index (χ4v) is 2.92. The molecule has 8 heteroatoms. The van der Waals surface area contributed by atoms with Crippen LogP contribution in [0.25, 0.3) is 11.4 Å². The molecule has 0 fully saturated rings. The number of hydrogen-bond donors (Lipinski definition) is 1. The Labute approximate surface area is 144 Å². The summed E-state index contributed by atoms with van der Waals surface area (Å²) >= 11 is 7.24. The van der Waals surface area contributed by atoms with E-state index in [-0.39, 0.29) is 11.2 Å². The number of benzene rings is 1. The molecule has 0 bridgehead atoms. The van der Waals surface area contributed by atoms with Gasteiger partial charge in [-0.15, -0.1) is 10.2 Å². The third-order valence-electron chi connectivity index (χ3n) is 3.23. The second kappa shape index (κ2) is 8.33. The SMILES string of the molecule is COCCCn1c(S[C@H](C)C(N)=O)nnc1-c1ccc(Cl)cc1. The zero-order chi connectivity index (χ0) is 16.8. The average molecular weight is 355 g/mol. The third-order valence-corrected chi connectivity index (χ3v) is 4.58. The van der Waals surface area contributed by atoms with Crippen molar-refractivity contribution in [2.24, 2.45) is 5.73 Å². The van der Waals surface area contributed by atoms with Crippen molar-refractivity contribution in [2.75, 3.05) is 13.7 Å². The monoisotopic (exact) mass is 354 g/mol. The number of primary amides is 1. The van der Waals surface area contributed by atoms with E-state index >= 15 is 0 Å². The van der Waals surface area contributed by atoms with Gasteiger partial charge in [-0.1, -0.05) is 23.4 Å². The Balaban J connectivity index is 2.31. The lowest BCUT2D eigenvalue weighted by Crippen LogP contribution is -2.23. The van der Waals surface area contributed by atoms with Gasteiger partial charge in [-0.3, -0.25) is 4.79 Å². The van der Waals surface area contributed by atoms with Crippen molar-refractivity contribution in [3.05, 3.63) is 29.3 Å². The van der Waals surface area contributed by atoms with Gasteiger partial charge in [0.2, 0.25) is 5.91 Å². The predicted molar refractivity (Wildman–Crippen MR) is 91.5 cm³/mol. The van der Waals surface area contributed by atoms with Crippen molar-refractivity contribution in [1.82, 2.24) is 14.8 Å². The van der Waals surface area contributed by atoms with Crippen molar-refractivity contribution < 1.29 is 9.53 Å². The summed E-state index contributed by atoms with van der Waals surface area (Å²) in [6.45, 7) is 3.07. The lowest BCUT2D eigenvalue weighted by molar-refractivity contribution is -0.117. The summed E-state index contributed by atoms with van der Waals surface area (Å²) in [5.41, 5.74) is 6.25. The number of hydrogen-bond acceptors (Lipinski definition) is 5. The van der Waals surface area contributed by atoms with Gasteiger partial charge in [-0.2, -0.15) is 0 Å². The van der Waals surface area contributed by atoms with Gasteiger partial charge in [0.1, 0.15) is 0 Å². The Morgan fingerprint density at radius 3 is 2.70 bits per heavy atom. The maximum Gasteiger partial charge on any atom is 0.230 e. The molecule has 2 N–H and O–H groups in total. The Kier molecular flexibility index (Phi) is 6.44. The molecule has 0 aliphatic heterocycles. The van der Waals surface area contributed by atoms with Crippen molar-refractivity contribution in [3.8, 4) is 11.4 Å². The van der Waals surface area contributed by atoms with E-state index in [1.165, 1.54) is 11.8 Å². The molecule has 23 heavy (non-hydrogen) atoms. The largest absolute Gasteiger partial charge is 0.385 e. The van der Waals surface area contributed by atoms with Gasteiger partial charge in [0, 0.05) is 30.8 Å². The maximum atomic E-state index is 11.3. The van der Waals surface area contributed by atoms with E-state index in [0.717, 1.165) is 17.8 Å². The first kappa shape index (κ1) is 17.8. The molecule has 0 unspecified atom stereocenters. The Hall–Kier alpha value is -1.57. The number of thioether (sulfide) groups is 1. The van der Waals surface area contributed by atoms with Crippen LogP contribution in [0.2, 0.25) is 5.02 Å². The summed E-state index contributed by atoms with van der Waals surface area (Å²) in [4.78, 5) is 11.3. The number of amides is 1. The topological polar surface area (TPSA) is 83.0 Å². The van der Waals surface area contributed by atoms with Crippen molar-refractivity contribution in [2.45, 2.75) is 30.3 Å². The molecular formula is C15H19ClN4O2S. The van der Waals surface area contributed by atoms with E-state index in [1.807, 2.05) is 28.8 Å². The Bertz CT molecular complexity index is 660. The number of aromatic nitrogens is 3. The number of ether oxygens (including phenoxy) is 1. The number of nitrogens with two attached hydrogens (primary N) is 1. The van der Waals surface area contributed by atoms with E-state index in [9.17, 15) is 4.79 Å². The highest BCUT2D eigenvalue weighted by atomic mass is 35.5. The normalized spacial score (nSPS) is 12.3. The van der Waals surface area contributed by atoms with Crippen molar-refractivity contribution in [3.63, 3.8) is 0 Å². The van der Waals surface area contributed by atoms with Crippen LogP contribution in [0.3, 0.4) is 0 Å². The van der Waals surface area contributed by atoms with Gasteiger partial charge in [-0.05, 0) is 37.6 Å². The van der Waals surface area contributed by atoms with Gasteiger partial charge in [-0.25, -0.2) is 0 Å². The molecule has 1 aromatic heterocycles. The number of halogens is 1. The van der Waals surface area contributed by atoms with Crippen LogP contribution in [0, 0.1) is 0 Å². The van der Waals surface area contributed by atoms with Crippen LogP contribution < -0.4 is 5.73 Å². The lowest BCUT2D eigenvalue weighted by Gasteiger charge is -2.11. The molecule has 0 spiro atoms. The molecule has 1 atom stereocenters. The molecule has 1 aromatic carbocycles. The highest BCUT2D eigenvalue weighted by Gasteiger charge is 2.19. The zero-order valence-electron chi connectivity index (χ0n) is 13.0. The molecule has 0 saturated heterocycles. The molecule has 0 radical (unpaired) electrons. The molecule has 2 aromatic rings. The predicted octanol–water partition coefficient (Wildman–Crippen LogP) is 2.60. The second-order valence-electron chi connectivity index (χ2n) is 4.97. The first-order chi connectivity index (χ1) is 11.0. The average Bonchev–Trinajstić information content (AvgIpc) is 2.91. The number of carbonyl (C=O) groups is 1. The first-order valence-electron chi connectivity index (χ1n) is 7.17. The van der Waals surface area contributed by atoms with Crippen LogP contribution >= 0.6 is 23.4 Å². The van der Waals surface area contributed by atoms with E-state index in [1.54, 1.807) is 14.0 Å². The summed E-state index contributed by atoms with van der Waals surface area (Å²) in [5, 5.41) is 9.42. The van der Waals surface area contributed by atoms with Crippen LogP contribution in [-0.2, 0) is 16.1 Å². The lowest BCUT2D eigenvalue weighted by atomic mass is 10.2. The highest BCUT2D eigenvalue weighted by Crippen LogP contribution is 2.27. The third kappa shape index (κ3) is 4.70. The minimum absolute atomic E-state index is 0.376. The first-order valence-corrected chi connectivity index (χ1v) is 8.42. The fourth-order valence-electron chi connectivity index (χ4n) is 1.97. The standard InChI is InChI=1S/C15H19ClN4O2S/c1-10(13(17)21)23-15-19-18-14(20(15)8-3-9-22-2)11-4-6-12(16)7-5-11/h4-7,10H,3,8-9H2,1-2H3,(H2,17,21)/t10-/m1/s1. The smallest absolute Gasteiger partial charge is 0.230 e. The fraction of sp³-hybridized carbons (Fsp3) is 0.400. The minimum Gasteiger partial charge on any atom is -0.385 e. The Morgan fingerprint density at radius 1 is 1.39 bits per heavy atom. The highest BCUT2D eigenvalue weighted by molar-refractivity contribution is 8.00. The van der Waals surface area contributed by atoms with E-state index in [2.05, 4.69) is 10.2 Å². The quantitative estimate of drug-likeness (QED) is 0.582. The summed E-state index contributed by atoms with van der Waals surface area (Å²) < 4.78 is 7.09. The molecule has 2 rings (SSSR count). The minimum atomic E-state index is -0.380. The van der Waals surface area contributed by atoms with Gasteiger partial charge in [0.15, 0.2) is 11.0 Å². The number of nitrogens with zero attached hydrogens (tertiary/aromatic N) is 3. The van der Waals surface area contributed by atoms with Gasteiger partial charge < -0.3 is 15.0 Å². The summed E-state index contributed by atoms with van der Waals surface area (Å²) in [6, 6.07) is 7.41. The van der Waals surface area contributed by atoms with Crippen LogP contribution in [0.4, 0.5) is 0 Å². The van der Waals surface area contributed by atoms with Crippen molar-refractivity contribution in [1.29, 1.82) is 0 Å². The van der Waals surface area contributed by atoms with E-state index < -0.39 is 0 Å². The summed E-state index contributed by atoms with van der Waals surface area (Å²) in [6.07, 6.45) is 0.813. The molecule has 0 saturated carbocycles. The molecule has 1 heterocycles. The number of rotatable bonds is 8. The van der Waals surface area contributed by atoms with Crippen LogP contribution in [0.5, 0.6) is 0 Å². The summed E-state index contributed by atoms with van der Waals surface area (Å²) in [7, 11) is 1.66. The molecule has 124 valence electrons. The van der Waals surface area contributed by atoms with Gasteiger partial charge >= 0.3 is 0 Å². The van der Waals surface area contributed by atoms with Gasteiger partial charge in [0.25, 0.3) is 0 Å². The Morgan fingerprint density at radius 2 is 2.09 bits per heavy atom. The zero-order valence-corrected chi connectivity index (χ0v) is 14.6. The van der Waals surface area contributed by atoms with Crippen LogP contribution in [0.15, 0.2) is 29.4 Å². The van der Waals surface area contributed by atoms with E-state index in [4.69, 9.17) is 22.1 Å². The van der Waals surface area contributed by atoms with Gasteiger partial charge in [0.05, 0.1) is 5.25 Å². The molecule has 6 nitrogen and oxygen atoms in total.